The van der Waals surface area contributed by atoms with Crippen LogP contribution in [0.1, 0.15) is 18.5 Å². The maximum Gasteiger partial charge on any atom is 0.241 e. The van der Waals surface area contributed by atoms with Crippen LogP contribution in [0.15, 0.2) is 52.3 Å². The average Bonchev–Trinajstić information content (AvgIpc) is 2.53. The summed E-state index contributed by atoms with van der Waals surface area (Å²) in [5.74, 6) is 0.380. The van der Waals surface area contributed by atoms with Crippen LogP contribution in [0.3, 0.4) is 0 Å². The Morgan fingerprint density at radius 2 is 1.56 bits per heavy atom. The molecule has 1 unspecified atom stereocenters. The van der Waals surface area contributed by atoms with E-state index >= 15 is 0 Å². The number of nitrogens with one attached hydrogen (secondary N) is 1. The molecule has 136 valence electrons. The van der Waals surface area contributed by atoms with Crippen LogP contribution in [0, 0.1) is 0 Å². The quantitative estimate of drug-likeness (QED) is 0.800. The van der Waals surface area contributed by atoms with E-state index in [0.29, 0.717) is 11.3 Å². The molecule has 2 aromatic rings. The molecule has 0 fully saturated rings. The first-order chi connectivity index (χ1) is 11.5. The summed E-state index contributed by atoms with van der Waals surface area (Å²) in [6.07, 6.45) is 1.11. The lowest BCUT2D eigenvalue weighted by molar-refractivity contribution is 0.414. The molecular formula is C16H18ClNO5S2. The molecule has 0 aliphatic heterocycles. The van der Waals surface area contributed by atoms with E-state index in [2.05, 4.69) is 4.72 Å². The van der Waals surface area contributed by atoms with E-state index < -0.39 is 25.9 Å². The Hall–Kier alpha value is -1.61. The van der Waals surface area contributed by atoms with Crippen molar-refractivity contribution in [3.05, 3.63) is 53.1 Å². The number of methoxy groups -OCH3 is 1. The molecule has 2 rings (SSSR count). The molecule has 25 heavy (non-hydrogen) atoms. The highest BCUT2D eigenvalue weighted by Crippen LogP contribution is 2.27. The Morgan fingerprint density at radius 1 is 1.00 bits per heavy atom. The average molecular weight is 404 g/mol. The standard InChI is InChI=1S/C16H18ClNO5S2/c1-11(12-4-6-13(7-5-12)24(3,19)20)18-25(21,22)14-8-9-16(23-2)15(17)10-14/h4-11,18H,1-3H3. The van der Waals surface area contributed by atoms with Crippen LogP contribution in [0.4, 0.5) is 0 Å². The number of sulfone groups is 1. The van der Waals surface area contributed by atoms with E-state index in [1.54, 1.807) is 19.1 Å². The molecule has 1 atom stereocenters. The second-order valence-electron chi connectivity index (χ2n) is 5.48. The van der Waals surface area contributed by atoms with Gasteiger partial charge in [0.25, 0.3) is 0 Å². The number of rotatable bonds is 6. The van der Waals surface area contributed by atoms with Gasteiger partial charge in [0.2, 0.25) is 10.0 Å². The first-order valence-corrected chi connectivity index (χ1v) is 11.0. The van der Waals surface area contributed by atoms with Crippen molar-refractivity contribution < 1.29 is 21.6 Å². The Bertz CT molecular complexity index is 970. The van der Waals surface area contributed by atoms with Gasteiger partial charge in [-0.2, -0.15) is 0 Å². The Kier molecular flexibility index (Phi) is 5.78. The zero-order chi connectivity index (χ0) is 18.8. The molecule has 0 radical (unpaired) electrons. The number of halogens is 1. The van der Waals surface area contributed by atoms with Gasteiger partial charge in [0, 0.05) is 12.3 Å². The van der Waals surface area contributed by atoms with E-state index in [-0.39, 0.29) is 14.8 Å². The van der Waals surface area contributed by atoms with Crippen molar-refractivity contribution in [1.29, 1.82) is 0 Å². The number of sulfonamides is 1. The second-order valence-corrected chi connectivity index (χ2v) is 9.62. The number of ether oxygens (including phenoxy) is 1. The van der Waals surface area contributed by atoms with E-state index in [1.165, 1.54) is 37.4 Å². The lowest BCUT2D eigenvalue weighted by Gasteiger charge is -2.15. The normalized spacial score (nSPS) is 13.4. The highest BCUT2D eigenvalue weighted by Gasteiger charge is 2.20. The first-order valence-electron chi connectivity index (χ1n) is 7.20. The van der Waals surface area contributed by atoms with E-state index in [4.69, 9.17) is 16.3 Å². The number of benzene rings is 2. The summed E-state index contributed by atoms with van der Waals surface area (Å²) >= 11 is 5.98. The zero-order valence-electron chi connectivity index (χ0n) is 13.9. The fourth-order valence-corrected chi connectivity index (χ4v) is 4.40. The monoisotopic (exact) mass is 403 g/mol. The SMILES string of the molecule is COc1ccc(S(=O)(=O)NC(C)c2ccc(S(C)(=O)=O)cc2)cc1Cl. The minimum atomic E-state index is -3.80. The molecule has 0 amide bonds. The highest BCUT2D eigenvalue weighted by atomic mass is 35.5. The van der Waals surface area contributed by atoms with Gasteiger partial charge in [-0.3, -0.25) is 0 Å². The Morgan fingerprint density at radius 3 is 2.04 bits per heavy atom. The third-order valence-electron chi connectivity index (χ3n) is 3.57. The predicted molar refractivity (Wildman–Crippen MR) is 96.3 cm³/mol. The largest absolute Gasteiger partial charge is 0.495 e. The van der Waals surface area contributed by atoms with Gasteiger partial charge in [-0.1, -0.05) is 23.7 Å². The third kappa shape index (κ3) is 4.72. The maximum atomic E-state index is 12.5. The molecule has 0 aliphatic carbocycles. The summed E-state index contributed by atoms with van der Waals surface area (Å²) < 4.78 is 55.5. The lowest BCUT2D eigenvalue weighted by Crippen LogP contribution is -2.27. The molecule has 0 saturated heterocycles. The predicted octanol–water partition coefficient (Wildman–Crippen LogP) is 2.79. The molecule has 0 spiro atoms. The van der Waals surface area contributed by atoms with Crippen molar-refractivity contribution in [2.45, 2.75) is 22.8 Å². The van der Waals surface area contributed by atoms with Gasteiger partial charge in [0.15, 0.2) is 9.84 Å². The minimum Gasteiger partial charge on any atom is -0.495 e. The first kappa shape index (κ1) is 19.7. The van der Waals surface area contributed by atoms with Gasteiger partial charge in [-0.25, -0.2) is 21.6 Å². The van der Waals surface area contributed by atoms with Crippen molar-refractivity contribution in [2.75, 3.05) is 13.4 Å². The number of hydrogen-bond donors (Lipinski definition) is 1. The Balaban J connectivity index is 2.24. The zero-order valence-corrected chi connectivity index (χ0v) is 16.2. The maximum absolute atomic E-state index is 12.5. The van der Waals surface area contributed by atoms with E-state index in [1.807, 2.05) is 0 Å². The van der Waals surface area contributed by atoms with Gasteiger partial charge < -0.3 is 4.74 Å². The lowest BCUT2D eigenvalue weighted by atomic mass is 10.1. The van der Waals surface area contributed by atoms with Crippen molar-refractivity contribution in [2.24, 2.45) is 0 Å². The van der Waals surface area contributed by atoms with Crippen molar-refractivity contribution in [1.82, 2.24) is 4.72 Å². The van der Waals surface area contributed by atoms with Crippen LogP contribution in [-0.2, 0) is 19.9 Å². The summed E-state index contributed by atoms with van der Waals surface area (Å²) in [7, 11) is -5.66. The van der Waals surface area contributed by atoms with Crippen LogP contribution in [0.2, 0.25) is 5.02 Å². The molecule has 0 aliphatic rings. The summed E-state index contributed by atoms with van der Waals surface area (Å²) in [6.45, 7) is 1.66. The van der Waals surface area contributed by atoms with E-state index in [9.17, 15) is 16.8 Å². The topological polar surface area (TPSA) is 89.5 Å². The van der Waals surface area contributed by atoms with Gasteiger partial charge in [0.1, 0.15) is 5.75 Å². The molecule has 0 bridgehead atoms. The summed E-state index contributed by atoms with van der Waals surface area (Å²) in [6, 6.07) is 9.66. The van der Waals surface area contributed by atoms with Gasteiger partial charge in [-0.05, 0) is 42.8 Å². The fourth-order valence-electron chi connectivity index (χ4n) is 2.19. The number of hydrogen-bond acceptors (Lipinski definition) is 5. The van der Waals surface area contributed by atoms with Crippen LogP contribution in [0.5, 0.6) is 5.75 Å². The fraction of sp³-hybridized carbons (Fsp3) is 0.250. The summed E-state index contributed by atoms with van der Waals surface area (Å²) in [4.78, 5) is 0.186. The summed E-state index contributed by atoms with van der Waals surface area (Å²) in [5, 5.41) is 0.190. The molecule has 2 aromatic carbocycles. The molecule has 9 heteroatoms. The highest BCUT2D eigenvalue weighted by molar-refractivity contribution is 7.90. The van der Waals surface area contributed by atoms with Crippen molar-refractivity contribution in [3.63, 3.8) is 0 Å². The van der Waals surface area contributed by atoms with Gasteiger partial charge >= 0.3 is 0 Å². The smallest absolute Gasteiger partial charge is 0.241 e. The molecule has 1 N–H and O–H groups in total. The van der Waals surface area contributed by atoms with Crippen molar-refractivity contribution >= 4 is 31.5 Å². The molecule has 6 nitrogen and oxygen atoms in total. The van der Waals surface area contributed by atoms with Crippen LogP contribution < -0.4 is 9.46 Å². The van der Waals surface area contributed by atoms with Crippen LogP contribution in [-0.4, -0.2) is 30.2 Å². The molecule has 0 heterocycles. The third-order valence-corrected chi connectivity index (χ3v) is 6.54. The van der Waals surface area contributed by atoms with Gasteiger partial charge in [0.05, 0.1) is 21.9 Å². The van der Waals surface area contributed by atoms with Crippen LogP contribution >= 0.6 is 11.6 Å². The minimum absolute atomic E-state index is 0.0120. The van der Waals surface area contributed by atoms with Crippen molar-refractivity contribution in [3.8, 4) is 5.75 Å². The summed E-state index contributed by atoms with van der Waals surface area (Å²) in [5.41, 5.74) is 0.635. The van der Waals surface area contributed by atoms with Gasteiger partial charge in [-0.15, -0.1) is 0 Å². The Labute approximate surface area is 152 Å². The second kappa shape index (κ2) is 7.33. The molecule has 0 saturated carbocycles. The van der Waals surface area contributed by atoms with E-state index in [0.717, 1.165) is 6.26 Å². The molecular weight excluding hydrogens is 386 g/mol. The van der Waals surface area contributed by atoms with Crippen LogP contribution in [0.25, 0.3) is 0 Å². The molecule has 0 aromatic heterocycles.